The third-order valence-corrected chi connectivity index (χ3v) is 3.25. The average molecular weight is 267 g/mol. The molecule has 19 heavy (non-hydrogen) atoms. The van der Waals surface area contributed by atoms with Crippen molar-refractivity contribution >= 4 is 5.78 Å². The molecule has 1 heterocycles. The van der Waals surface area contributed by atoms with Crippen LogP contribution in [0.2, 0.25) is 0 Å². The largest absolute Gasteiger partial charge is 0.493 e. The van der Waals surface area contributed by atoms with E-state index in [1.807, 2.05) is 34.6 Å². The highest BCUT2D eigenvalue weighted by molar-refractivity contribution is 5.97. The lowest BCUT2D eigenvalue weighted by molar-refractivity contribution is 0.0937. The number of aromatic nitrogens is 2. The van der Waals surface area contributed by atoms with Gasteiger partial charge >= 0.3 is 0 Å². The number of ether oxygens (including phenoxy) is 1. The third kappa shape index (κ3) is 3.56. The van der Waals surface area contributed by atoms with E-state index in [4.69, 9.17) is 10.5 Å². The molecule has 0 aliphatic heterocycles. The average Bonchev–Trinajstić information content (AvgIpc) is 2.70. The first-order valence-corrected chi connectivity index (χ1v) is 6.58. The second kappa shape index (κ2) is 5.74. The highest BCUT2D eigenvalue weighted by atomic mass is 16.5. The first kappa shape index (κ1) is 15.7. The van der Waals surface area contributed by atoms with Crippen molar-refractivity contribution < 1.29 is 9.53 Å². The molecule has 0 aromatic carbocycles. The van der Waals surface area contributed by atoms with Crippen LogP contribution in [-0.4, -0.2) is 28.7 Å². The fourth-order valence-corrected chi connectivity index (χ4v) is 1.76. The number of nitrogens with zero attached hydrogens (tertiary/aromatic N) is 2. The number of carbonyl (C=O) groups is 1. The highest BCUT2D eigenvalue weighted by Crippen LogP contribution is 2.26. The molecule has 0 aliphatic rings. The molecule has 0 aliphatic carbocycles. The van der Waals surface area contributed by atoms with Gasteiger partial charge in [0.15, 0.2) is 11.5 Å². The van der Waals surface area contributed by atoms with Crippen molar-refractivity contribution in [1.82, 2.24) is 9.78 Å². The van der Waals surface area contributed by atoms with Gasteiger partial charge in [0.2, 0.25) is 0 Å². The Hall–Kier alpha value is -1.36. The Morgan fingerprint density at radius 1 is 1.47 bits per heavy atom. The van der Waals surface area contributed by atoms with Crippen LogP contribution >= 0.6 is 0 Å². The maximum atomic E-state index is 12.4. The van der Waals surface area contributed by atoms with E-state index in [9.17, 15) is 4.79 Å². The lowest BCUT2D eigenvalue weighted by Crippen LogP contribution is -2.37. The minimum Gasteiger partial charge on any atom is -0.493 e. The highest BCUT2D eigenvalue weighted by Gasteiger charge is 2.27. The number of hydrogen-bond acceptors (Lipinski definition) is 4. The summed E-state index contributed by atoms with van der Waals surface area (Å²) >= 11 is 0. The molecule has 1 aromatic heterocycles. The van der Waals surface area contributed by atoms with Gasteiger partial charge in [-0.15, -0.1) is 0 Å². The third-order valence-electron chi connectivity index (χ3n) is 3.25. The summed E-state index contributed by atoms with van der Waals surface area (Å²) in [6, 6.07) is -0.0890. The number of hydrogen-bond donors (Lipinski definition) is 1. The van der Waals surface area contributed by atoms with Crippen molar-refractivity contribution in [3.05, 3.63) is 11.9 Å². The number of methoxy groups -OCH3 is 1. The fourth-order valence-electron chi connectivity index (χ4n) is 1.76. The summed E-state index contributed by atoms with van der Waals surface area (Å²) in [6.07, 6.45) is 1.87. The van der Waals surface area contributed by atoms with Crippen molar-refractivity contribution in [2.24, 2.45) is 11.1 Å². The predicted octanol–water partition coefficient (Wildman–Crippen LogP) is 2.42. The van der Waals surface area contributed by atoms with E-state index in [0.717, 1.165) is 0 Å². The van der Waals surface area contributed by atoms with E-state index in [1.54, 1.807) is 18.0 Å². The monoisotopic (exact) mass is 267 g/mol. The normalized spacial score (nSPS) is 13.7. The Bertz CT molecular complexity index is 444. The summed E-state index contributed by atoms with van der Waals surface area (Å²) in [4.78, 5) is 12.4. The van der Waals surface area contributed by atoms with Gasteiger partial charge in [-0.2, -0.15) is 5.10 Å². The lowest BCUT2D eigenvalue weighted by atomic mass is 9.84. The molecule has 0 spiro atoms. The van der Waals surface area contributed by atoms with Crippen LogP contribution < -0.4 is 10.5 Å². The Labute approximate surface area is 115 Å². The molecule has 0 saturated heterocycles. The van der Waals surface area contributed by atoms with Gasteiger partial charge in [-0.05, 0) is 19.3 Å². The van der Waals surface area contributed by atoms with Crippen LogP contribution in [0.3, 0.4) is 0 Å². The van der Waals surface area contributed by atoms with E-state index in [2.05, 4.69) is 5.10 Å². The second-order valence-corrected chi connectivity index (χ2v) is 6.20. The van der Waals surface area contributed by atoms with Gasteiger partial charge in [-0.1, -0.05) is 20.8 Å². The van der Waals surface area contributed by atoms with E-state index < -0.39 is 0 Å². The zero-order chi connectivity index (χ0) is 14.8. The zero-order valence-corrected chi connectivity index (χ0v) is 12.7. The number of rotatable bonds is 5. The summed E-state index contributed by atoms with van der Waals surface area (Å²) in [5.41, 5.74) is 6.49. The fraction of sp³-hybridized carbons (Fsp3) is 0.714. The molecule has 1 atom stereocenters. The number of Topliss-reactive ketones (excluding diaryl/α,β-unsaturated/α-hetero) is 1. The predicted molar refractivity (Wildman–Crippen MR) is 75.5 cm³/mol. The van der Waals surface area contributed by atoms with Crippen LogP contribution in [0.1, 0.15) is 57.6 Å². The SMILES string of the molecule is COc1cnn(C(C)C)c1C(=O)CC(N)C(C)(C)C. The minimum absolute atomic E-state index is 0.0227. The topological polar surface area (TPSA) is 70.1 Å². The van der Waals surface area contributed by atoms with Crippen molar-refractivity contribution in [3.63, 3.8) is 0 Å². The molecular formula is C14H25N3O2. The molecule has 0 fully saturated rings. The minimum atomic E-state index is -0.194. The van der Waals surface area contributed by atoms with Gasteiger partial charge in [0, 0.05) is 18.5 Å². The van der Waals surface area contributed by atoms with Crippen LogP contribution in [0.4, 0.5) is 0 Å². The molecule has 0 radical (unpaired) electrons. The van der Waals surface area contributed by atoms with Gasteiger partial charge in [0.1, 0.15) is 5.69 Å². The van der Waals surface area contributed by atoms with Crippen molar-refractivity contribution in [2.75, 3.05) is 7.11 Å². The molecule has 1 unspecified atom stereocenters. The summed E-state index contributed by atoms with van der Waals surface area (Å²) < 4.78 is 6.91. The van der Waals surface area contributed by atoms with Crippen molar-refractivity contribution in [2.45, 2.75) is 53.1 Å². The molecule has 0 amide bonds. The van der Waals surface area contributed by atoms with Crippen molar-refractivity contribution in [1.29, 1.82) is 0 Å². The van der Waals surface area contributed by atoms with Gasteiger partial charge in [0.05, 0.1) is 13.3 Å². The lowest BCUT2D eigenvalue weighted by Gasteiger charge is -2.26. The molecule has 1 rings (SSSR count). The molecule has 0 saturated carbocycles. The second-order valence-electron chi connectivity index (χ2n) is 6.20. The number of carbonyl (C=O) groups excluding carboxylic acids is 1. The Balaban J connectivity index is 3.02. The van der Waals surface area contributed by atoms with Crippen LogP contribution in [0.5, 0.6) is 5.75 Å². The molecule has 1 aromatic rings. The quantitative estimate of drug-likeness (QED) is 0.832. The summed E-state index contributed by atoms with van der Waals surface area (Å²) in [6.45, 7) is 10.0. The van der Waals surface area contributed by atoms with Crippen LogP contribution in [0, 0.1) is 5.41 Å². The first-order valence-electron chi connectivity index (χ1n) is 6.58. The van der Waals surface area contributed by atoms with Crippen LogP contribution in [0.15, 0.2) is 6.20 Å². The molecule has 108 valence electrons. The summed E-state index contributed by atoms with van der Waals surface area (Å²) in [5, 5.41) is 4.21. The number of ketones is 1. The Morgan fingerprint density at radius 3 is 2.47 bits per heavy atom. The first-order chi connectivity index (χ1) is 8.68. The molecule has 5 nitrogen and oxygen atoms in total. The van der Waals surface area contributed by atoms with E-state index >= 15 is 0 Å². The maximum Gasteiger partial charge on any atom is 0.186 e. The van der Waals surface area contributed by atoms with Crippen LogP contribution in [-0.2, 0) is 0 Å². The molecule has 2 N–H and O–H groups in total. The molecule has 5 heteroatoms. The smallest absolute Gasteiger partial charge is 0.186 e. The van der Waals surface area contributed by atoms with Gasteiger partial charge < -0.3 is 10.5 Å². The maximum absolute atomic E-state index is 12.4. The van der Waals surface area contributed by atoms with Gasteiger partial charge in [-0.3, -0.25) is 9.48 Å². The van der Waals surface area contributed by atoms with Gasteiger partial charge in [-0.25, -0.2) is 0 Å². The van der Waals surface area contributed by atoms with Crippen LogP contribution in [0.25, 0.3) is 0 Å². The standard InChI is InChI=1S/C14H25N3O2/c1-9(2)17-13(11(19-6)8-16-17)10(18)7-12(15)14(3,4)5/h8-9,12H,7,15H2,1-6H3. The van der Waals surface area contributed by atoms with E-state index in [-0.39, 0.29) is 29.7 Å². The summed E-state index contributed by atoms with van der Waals surface area (Å²) in [7, 11) is 1.54. The van der Waals surface area contributed by atoms with E-state index in [0.29, 0.717) is 11.4 Å². The molecule has 0 bridgehead atoms. The number of nitrogens with two attached hydrogens (primary N) is 1. The Morgan fingerprint density at radius 2 is 2.05 bits per heavy atom. The van der Waals surface area contributed by atoms with Gasteiger partial charge in [0.25, 0.3) is 0 Å². The Kier molecular flexibility index (Phi) is 4.74. The van der Waals surface area contributed by atoms with Crippen molar-refractivity contribution in [3.8, 4) is 5.75 Å². The zero-order valence-electron chi connectivity index (χ0n) is 12.7. The molecular weight excluding hydrogens is 242 g/mol. The summed E-state index contributed by atoms with van der Waals surface area (Å²) in [5.74, 6) is 0.491. The van der Waals surface area contributed by atoms with E-state index in [1.165, 1.54) is 0 Å².